The minimum atomic E-state index is -0.600. The van der Waals surface area contributed by atoms with Gasteiger partial charge in [-0.1, -0.05) is 12.1 Å². The second kappa shape index (κ2) is 8.11. The second-order valence-corrected chi connectivity index (χ2v) is 7.14. The molecule has 1 saturated heterocycles. The highest BCUT2D eigenvalue weighted by Gasteiger charge is 2.32. The Balaban J connectivity index is 1.57. The zero-order valence-corrected chi connectivity index (χ0v) is 16.4. The number of hydrazone groups is 1. The number of aliphatic hydroxyl groups excluding tert-OH is 1. The maximum Gasteiger partial charge on any atom is 0.414 e. The highest BCUT2D eigenvalue weighted by atomic mass is 19.1. The lowest BCUT2D eigenvalue weighted by molar-refractivity contribution is 0.0963. The average Bonchev–Trinajstić information content (AvgIpc) is 3.34. The number of nitrogens with one attached hydrogen (secondary N) is 2. The van der Waals surface area contributed by atoms with Crippen molar-refractivity contribution in [3.05, 3.63) is 53.3 Å². The quantitative estimate of drug-likeness (QED) is 0.398. The van der Waals surface area contributed by atoms with Crippen molar-refractivity contribution in [2.45, 2.75) is 19.2 Å². The van der Waals surface area contributed by atoms with Gasteiger partial charge in [0.2, 0.25) is 0 Å². The first-order valence-electron chi connectivity index (χ1n) is 9.54. The summed E-state index contributed by atoms with van der Waals surface area (Å²) in [5.74, 6) is 0.0870. The number of cyclic esters (lactones) is 1. The van der Waals surface area contributed by atoms with E-state index in [4.69, 9.17) is 15.3 Å². The molecule has 2 aromatic carbocycles. The molecule has 2 aromatic rings. The van der Waals surface area contributed by atoms with Gasteiger partial charge in [-0.25, -0.2) is 9.18 Å². The molecule has 2 heterocycles. The lowest BCUT2D eigenvalue weighted by atomic mass is 10.00. The standard InChI is InChI=1S/C21H22FN5O3/c1-24-25-20(8-23)26-9-14-3-2-13(6-15(14)10-26)18-5-4-16(7-19(18)22)27-11-17(12-28)30-21(27)29/h2-8,17,23-24,28H,9-12H2,1H3/b23-8?,25-20+/t17-/m1/s1. The summed E-state index contributed by atoms with van der Waals surface area (Å²) in [6, 6.07) is 10.4. The zero-order chi connectivity index (χ0) is 21.3. The molecule has 1 amide bonds. The van der Waals surface area contributed by atoms with Crippen molar-refractivity contribution in [1.29, 1.82) is 5.41 Å². The van der Waals surface area contributed by atoms with Gasteiger partial charge in [0.15, 0.2) is 5.84 Å². The van der Waals surface area contributed by atoms with Gasteiger partial charge in [-0.15, -0.1) is 0 Å². The summed E-state index contributed by atoms with van der Waals surface area (Å²) >= 11 is 0. The number of amidine groups is 1. The molecule has 2 aliphatic heterocycles. The van der Waals surface area contributed by atoms with Crippen LogP contribution in [-0.4, -0.2) is 54.5 Å². The zero-order valence-electron chi connectivity index (χ0n) is 16.4. The largest absolute Gasteiger partial charge is 0.441 e. The summed E-state index contributed by atoms with van der Waals surface area (Å²) in [7, 11) is 1.68. The molecule has 0 radical (unpaired) electrons. The highest BCUT2D eigenvalue weighted by molar-refractivity contribution is 6.28. The Kier molecular flexibility index (Phi) is 5.37. The molecule has 9 heteroatoms. The minimum Gasteiger partial charge on any atom is -0.441 e. The molecule has 2 aliphatic rings. The lowest BCUT2D eigenvalue weighted by Crippen LogP contribution is -2.28. The third-order valence-electron chi connectivity index (χ3n) is 5.26. The molecular weight excluding hydrogens is 389 g/mol. The number of carbonyl (C=O) groups excluding carboxylic acids is 1. The van der Waals surface area contributed by atoms with Crippen LogP contribution >= 0.6 is 0 Å². The van der Waals surface area contributed by atoms with Crippen LogP contribution in [0, 0.1) is 11.2 Å². The Morgan fingerprint density at radius 3 is 2.80 bits per heavy atom. The number of fused-ring (bicyclic) bond motifs is 1. The summed E-state index contributed by atoms with van der Waals surface area (Å²) < 4.78 is 19.9. The fourth-order valence-corrected chi connectivity index (χ4v) is 3.77. The number of hydrogen-bond acceptors (Lipinski definition) is 6. The average molecular weight is 411 g/mol. The topological polar surface area (TPSA) is 101 Å². The molecule has 0 spiro atoms. The van der Waals surface area contributed by atoms with Gasteiger partial charge in [-0.3, -0.25) is 4.90 Å². The number of hydrogen-bond donors (Lipinski definition) is 3. The number of ether oxygens (including phenoxy) is 1. The number of nitrogens with zero attached hydrogens (tertiary/aromatic N) is 3. The van der Waals surface area contributed by atoms with Crippen LogP contribution < -0.4 is 10.3 Å². The summed E-state index contributed by atoms with van der Waals surface area (Å²) in [6.07, 6.45) is 0.00751. The van der Waals surface area contributed by atoms with E-state index < -0.39 is 18.0 Å². The van der Waals surface area contributed by atoms with E-state index in [9.17, 15) is 9.18 Å². The first-order chi connectivity index (χ1) is 14.5. The van der Waals surface area contributed by atoms with Crippen molar-refractivity contribution in [2.75, 3.05) is 25.1 Å². The molecule has 3 N–H and O–H groups in total. The fourth-order valence-electron chi connectivity index (χ4n) is 3.77. The molecule has 8 nitrogen and oxygen atoms in total. The predicted octanol–water partition coefficient (Wildman–Crippen LogP) is 2.31. The molecule has 156 valence electrons. The first kappa shape index (κ1) is 19.8. The molecule has 0 aliphatic carbocycles. The van der Waals surface area contributed by atoms with Crippen LogP contribution in [0.1, 0.15) is 11.1 Å². The van der Waals surface area contributed by atoms with Gasteiger partial charge in [-0.05, 0) is 41.0 Å². The van der Waals surface area contributed by atoms with Crippen molar-refractivity contribution < 1.29 is 19.0 Å². The van der Waals surface area contributed by atoms with Crippen LogP contribution in [0.25, 0.3) is 11.1 Å². The van der Waals surface area contributed by atoms with E-state index in [1.54, 1.807) is 19.2 Å². The van der Waals surface area contributed by atoms with E-state index in [1.165, 1.54) is 17.2 Å². The number of carbonyl (C=O) groups is 1. The summed E-state index contributed by atoms with van der Waals surface area (Å²) in [4.78, 5) is 15.2. The van der Waals surface area contributed by atoms with Gasteiger partial charge in [0.25, 0.3) is 0 Å². The number of benzene rings is 2. The van der Waals surface area contributed by atoms with E-state index in [2.05, 4.69) is 10.5 Å². The Morgan fingerprint density at radius 1 is 1.33 bits per heavy atom. The number of aliphatic hydroxyl groups is 1. The van der Waals surface area contributed by atoms with E-state index in [0.717, 1.165) is 16.7 Å². The maximum atomic E-state index is 14.9. The highest BCUT2D eigenvalue weighted by Crippen LogP contribution is 2.32. The summed E-state index contributed by atoms with van der Waals surface area (Å²) in [5.41, 5.74) is 6.42. The molecular formula is C21H22FN5O3. The van der Waals surface area contributed by atoms with Crippen molar-refractivity contribution in [2.24, 2.45) is 5.10 Å². The van der Waals surface area contributed by atoms with Gasteiger partial charge >= 0.3 is 6.09 Å². The van der Waals surface area contributed by atoms with Crippen molar-refractivity contribution in [1.82, 2.24) is 10.3 Å². The molecule has 0 aromatic heterocycles. The normalized spacial score (nSPS) is 18.4. The van der Waals surface area contributed by atoms with E-state index >= 15 is 0 Å². The van der Waals surface area contributed by atoms with Crippen LogP contribution in [0.4, 0.5) is 14.9 Å². The van der Waals surface area contributed by atoms with Crippen LogP contribution in [-0.2, 0) is 17.8 Å². The monoisotopic (exact) mass is 411 g/mol. The van der Waals surface area contributed by atoms with Crippen LogP contribution in [0.3, 0.4) is 0 Å². The van der Waals surface area contributed by atoms with Crippen LogP contribution in [0.5, 0.6) is 0 Å². The summed E-state index contributed by atoms with van der Waals surface area (Å²) in [6.45, 7) is 1.14. The van der Waals surface area contributed by atoms with Gasteiger partial charge in [-0.2, -0.15) is 5.10 Å². The molecule has 1 atom stereocenters. The Labute approximate surface area is 173 Å². The number of anilines is 1. The van der Waals surface area contributed by atoms with Gasteiger partial charge < -0.3 is 25.6 Å². The smallest absolute Gasteiger partial charge is 0.414 e. The molecule has 0 bridgehead atoms. The van der Waals surface area contributed by atoms with E-state index in [1.807, 2.05) is 23.1 Å². The maximum absolute atomic E-state index is 14.9. The third-order valence-corrected chi connectivity index (χ3v) is 5.26. The predicted molar refractivity (Wildman–Crippen MR) is 111 cm³/mol. The van der Waals surface area contributed by atoms with Crippen molar-refractivity contribution in [3.63, 3.8) is 0 Å². The van der Waals surface area contributed by atoms with Crippen LogP contribution in [0.2, 0.25) is 0 Å². The van der Waals surface area contributed by atoms with Crippen molar-refractivity contribution in [3.8, 4) is 11.1 Å². The Morgan fingerprint density at radius 2 is 2.13 bits per heavy atom. The number of amides is 1. The van der Waals surface area contributed by atoms with Gasteiger partial charge in [0.05, 0.1) is 25.1 Å². The molecule has 1 fully saturated rings. The Hall–Kier alpha value is -3.46. The summed E-state index contributed by atoms with van der Waals surface area (Å²) in [5, 5.41) is 20.8. The Bertz CT molecular complexity index is 1030. The fraction of sp³-hybridized carbons (Fsp3) is 0.286. The van der Waals surface area contributed by atoms with Gasteiger partial charge in [0.1, 0.15) is 11.9 Å². The lowest BCUT2D eigenvalue weighted by Gasteiger charge is -2.16. The van der Waals surface area contributed by atoms with Crippen molar-refractivity contribution >= 4 is 23.8 Å². The van der Waals surface area contributed by atoms with Crippen LogP contribution in [0.15, 0.2) is 41.5 Å². The van der Waals surface area contributed by atoms with E-state index in [0.29, 0.717) is 30.2 Å². The molecule has 4 rings (SSSR count). The minimum absolute atomic E-state index is 0.187. The third kappa shape index (κ3) is 3.59. The number of halogens is 1. The molecule has 0 unspecified atom stereocenters. The SMILES string of the molecule is CN/N=C(\C=N)N1Cc2ccc(-c3ccc(N4C[C@H](CO)OC4=O)cc3F)cc2C1. The number of rotatable bonds is 5. The molecule has 0 saturated carbocycles. The first-order valence-corrected chi connectivity index (χ1v) is 9.54. The molecule has 30 heavy (non-hydrogen) atoms. The van der Waals surface area contributed by atoms with E-state index in [-0.39, 0.29) is 13.2 Å². The second-order valence-electron chi connectivity index (χ2n) is 7.14. The van der Waals surface area contributed by atoms with Gasteiger partial charge in [0, 0.05) is 25.7 Å².